The molecule has 1 nitrogen and oxygen atoms in total. The molecule has 0 amide bonds. The normalized spacial score (nSPS) is 18.1. The van der Waals surface area contributed by atoms with Gasteiger partial charge in [-0.1, -0.05) is 31.2 Å². The van der Waals surface area contributed by atoms with Crippen LogP contribution in [-0.2, 0) is 13.1 Å². The summed E-state index contributed by atoms with van der Waals surface area (Å²) in [6.45, 7) is 5.66. The topological polar surface area (TPSA) is 3.24 Å². The molecule has 1 aromatic carbocycles. The first-order valence-electron chi connectivity index (χ1n) is 5.19. The van der Waals surface area contributed by atoms with Crippen molar-refractivity contribution in [2.75, 3.05) is 12.3 Å². The standard InChI is InChI=1S/C12H17NS/c1-10(9-14)6-13-7-11-4-2-3-5-12(11)8-13/h2-5,10,14H,6-9H2,1H3. The fraction of sp³-hybridized carbons (Fsp3) is 0.500. The molecular formula is C12H17NS. The zero-order chi connectivity index (χ0) is 9.97. The highest BCUT2D eigenvalue weighted by molar-refractivity contribution is 7.80. The summed E-state index contributed by atoms with van der Waals surface area (Å²) in [5.41, 5.74) is 3.00. The van der Waals surface area contributed by atoms with Gasteiger partial charge in [0.1, 0.15) is 0 Å². The summed E-state index contributed by atoms with van der Waals surface area (Å²) in [6.07, 6.45) is 0. The minimum atomic E-state index is 0.688. The van der Waals surface area contributed by atoms with Crippen LogP contribution < -0.4 is 0 Å². The lowest BCUT2D eigenvalue weighted by Gasteiger charge is -2.18. The highest BCUT2D eigenvalue weighted by Gasteiger charge is 2.18. The van der Waals surface area contributed by atoms with Crippen molar-refractivity contribution in [3.63, 3.8) is 0 Å². The zero-order valence-corrected chi connectivity index (χ0v) is 9.50. The van der Waals surface area contributed by atoms with Crippen molar-refractivity contribution in [1.82, 2.24) is 4.90 Å². The van der Waals surface area contributed by atoms with Crippen LogP contribution in [-0.4, -0.2) is 17.2 Å². The Balaban J connectivity index is 1.98. The predicted octanol–water partition coefficient (Wildman–Crippen LogP) is 2.57. The van der Waals surface area contributed by atoms with Gasteiger partial charge in [-0.2, -0.15) is 12.6 Å². The number of benzene rings is 1. The Morgan fingerprint density at radius 1 is 1.29 bits per heavy atom. The van der Waals surface area contributed by atoms with E-state index in [0.717, 1.165) is 25.4 Å². The molecule has 2 rings (SSSR count). The molecule has 14 heavy (non-hydrogen) atoms. The maximum absolute atomic E-state index is 4.32. The molecule has 0 aromatic heterocycles. The van der Waals surface area contributed by atoms with E-state index in [2.05, 4.69) is 48.7 Å². The van der Waals surface area contributed by atoms with Gasteiger partial charge in [-0.05, 0) is 22.8 Å². The van der Waals surface area contributed by atoms with Crippen molar-refractivity contribution in [3.8, 4) is 0 Å². The first-order valence-corrected chi connectivity index (χ1v) is 5.83. The minimum Gasteiger partial charge on any atom is -0.295 e. The van der Waals surface area contributed by atoms with Crippen molar-refractivity contribution in [2.24, 2.45) is 5.92 Å². The summed E-state index contributed by atoms with van der Waals surface area (Å²) in [4.78, 5) is 2.51. The molecule has 76 valence electrons. The summed E-state index contributed by atoms with van der Waals surface area (Å²) in [6, 6.07) is 8.73. The molecule has 0 spiro atoms. The highest BCUT2D eigenvalue weighted by Crippen LogP contribution is 2.22. The largest absolute Gasteiger partial charge is 0.295 e. The summed E-state index contributed by atoms with van der Waals surface area (Å²) >= 11 is 4.32. The van der Waals surface area contributed by atoms with Gasteiger partial charge < -0.3 is 0 Å². The van der Waals surface area contributed by atoms with E-state index in [0.29, 0.717) is 5.92 Å². The van der Waals surface area contributed by atoms with Crippen LogP contribution in [0.1, 0.15) is 18.1 Å². The number of rotatable bonds is 3. The second kappa shape index (κ2) is 4.37. The molecule has 0 bridgehead atoms. The molecule has 2 heteroatoms. The van der Waals surface area contributed by atoms with Crippen LogP contribution in [0.3, 0.4) is 0 Å². The number of fused-ring (bicyclic) bond motifs is 1. The molecule has 0 N–H and O–H groups in total. The van der Waals surface area contributed by atoms with Crippen molar-refractivity contribution in [3.05, 3.63) is 35.4 Å². The van der Waals surface area contributed by atoms with Crippen LogP contribution in [0.4, 0.5) is 0 Å². The maximum atomic E-state index is 4.32. The van der Waals surface area contributed by atoms with Crippen molar-refractivity contribution < 1.29 is 0 Å². The Hall–Kier alpha value is -0.470. The summed E-state index contributed by atoms with van der Waals surface area (Å²) in [5, 5.41) is 0. The summed E-state index contributed by atoms with van der Waals surface area (Å²) in [5.74, 6) is 1.67. The van der Waals surface area contributed by atoms with Crippen LogP contribution in [0.25, 0.3) is 0 Å². The van der Waals surface area contributed by atoms with Crippen molar-refractivity contribution >= 4 is 12.6 Å². The third-order valence-corrected chi connectivity index (χ3v) is 3.41. The van der Waals surface area contributed by atoms with E-state index in [1.807, 2.05) is 0 Å². The Morgan fingerprint density at radius 3 is 2.36 bits per heavy atom. The average molecular weight is 207 g/mol. The lowest BCUT2D eigenvalue weighted by Crippen LogP contribution is -2.23. The SMILES string of the molecule is CC(CS)CN1Cc2ccccc2C1. The molecule has 1 atom stereocenters. The highest BCUT2D eigenvalue weighted by atomic mass is 32.1. The maximum Gasteiger partial charge on any atom is 0.0240 e. The number of hydrogen-bond acceptors (Lipinski definition) is 2. The van der Waals surface area contributed by atoms with E-state index in [-0.39, 0.29) is 0 Å². The fourth-order valence-electron chi connectivity index (χ4n) is 2.03. The molecule has 0 fully saturated rings. The van der Waals surface area contributed by atoms with Crippen LogP contribution in [0.15, 0.2) is 24.3 Å². The second-order valence-electron chi connectivity index (χ2n) is 4.23. The number of hydrogen-bond donors (Lipinski definition) is 1. The molecule has 1 aliphatic rings. The molecule has 1 aliphatic heterocycles. The summed E-state index contributed by atoms with van der Waals surface area (Å²) < 4.78 is 0. The second-order valence-corrected chi connectivity index (χ2v) is 4.59. The number of thiol groups is 1. The minimum absolute atomic E-state index is 0.688. The van der Waals surface area contributed by atoms with Gasteiger partial charge in [-0.3, -0.25) is 4.90 Å². The molecule has 1 heterocycles. The smallest absolute Gasteiger partial charge is 0.0240 e. The van der Waals surface area contributed by atoms with Crippen molar-refractivity contribution in [1.29, 1.82) is 0 Å². The van der Waals surface area contributed by atoms with Crippen molar-refractivity contribution in [2.45, 2.75) is 20.0 Å². The van der Waals surface area contributed by atoms with E-state index in [9.17, 15) is 0 Å². The van der Waals surface area contributed by atoms with E-state index in [1.54, 1.807) is 0 Å². The van der Waals surface area contributed by atoms with Gasteiger partial charge in [0, 0.05) is 19.6 Å². The molecule has 0 saturated carbocycles. The Kier molecular flexibility index (Phi) is 3.14. The van der Waals surface area contributed by atoms with E-state index in [1.165, 1.54) is 11.1 Å². The molecular weight excluding hydrogens is 190 g/mol. The summed E-state index contributed by atoms with van der Waals surface area (Å²) in [7, 11) is 0. The van der Waals surface area contributed by atoms with Gasteiger partial charge in [-0.25, -0.2) is 0 Å². The Bertz CT molecular complexity index is 286. The Morgan fingerprint density at radius 2 is 1.86 bits per heavy atom. The number of nitrogens with zero attached hydrogens (tertiary/aromatic N) is 1. The first kappa shape index (κ1) is 10.1. The lowest BCUT2D eigenvalue weighted by atomic mass is 10.1. The lowest BCUT2D eigenvalue weighted by molar-refractivity contribution is 0.253. The molecule has 0 aliphatic carbocycles. The first-order chi connectivity index (χ1) is 6.79. The van der Waals surface area contributed by atoms with Gasteiger partial charge in [0.05, 0.1) is 0 Å². The fourth-order valence-corrected chi connectivity index (χ4v) is 2.15. The van der Waals surface area contributed by atoms with Crippen LogP contribution >= 0.6 is 12.6 Å². The quantitative estimate of drug-likeness (QED) is 0.746. The predicted molar refractivity (Wildman–Crippen MR) is 63.6 cm³/mol. The molecule has 0 saturated heterocycles. The molecule has 0 radical (unpaired) electrons. The molecule has 1 aromatic rings. The van der Waals surface area contributed by atoms with Crippen LogP contribution in [0, 0.1) is 5.92 Å². The monoisotopic (exact) mass is 207 g/mol. The third-order valence-electron chi connectivity index (χ3n) is 2.79. The molecule has 1 unspecified atom stereocenters. The van der Waals surface area contributed by atoms with E-state index in [4.69, 9.17) is 0 Å². The van der Waals surface area contributed by atoms with Gasteiger partial charge in [0.2, 0.25) is 0 Å². The van der Waals surface area contributed by atoms with Crippen LogP contribution in [0.2, 0.25) is 0 Å². The average Bonchev–Trinajstić information content (AvgIpc) is 2.59. The Labute approximate surface area is 91.5 Å². The van der Waals surface area contributed by atoms with Gasteiger partial charge in [0.25, 0.3) is 0 Å². The van der Waals surface area contributed by atoms with Crippen LogP contribution in [0.5, 0.6) is 0 Å². The van der Waals surface area contributed by atoms with E-state index < -0.39 is 0 Å². The third kappa shape index (κ3) is 2.12. The van der Waals surface area contributed by atoms with Gasteiger partial charge in [-0.15, -0.1) is 0 Å². The van der Waals surface area contributed by atoms with E-state index >= 15 is 0 Å². The van der Waals surface area contributed by atoms with Gasteiger partial charge >= 0.3 is 0 Å². The zero-order valence-electron chi connectivity index (χ0n) is 8.61. The van der Waals surface area contributed by atoms with Gasteiger partial charge in [0.15, 0.2) is 0 Å².